The van der Waals surface area contributed by atoms with Crippen LogP contribution in [0.15, 0.2) is 53.3 Å². The highest BCUT2D eigenvalue weighted by atomic mass is 19.1. The first-order chi connectivity index (χ1) is 13.5. The highest BCUT2D eigenvalue weighted by molar-refractivity contribution is 5.87. The van der Waals surface area contributed by atoms with Crippen LogP contribution < -0.4 is 10.9 Å². The monoisotopic (exact) mass is 383 g/mol. The van der Waals surface area contributed by atoms with Gasteiger partial charge in [0.15, 0.2) is 6.61 Å². The van der Waals surface area contributed by atoms with Crippen LogP contribution in [0.1, 0.15) is 11.3 Å². The molecule has 0 spiro atoms. The summed E-state index contributed by atoms with van der Waals surface area (Å²) in [6.07, 6.45) is 0.368. The first-order valence-corrected chi connectivity index (χ1v) is 8.66. The van der Waals surface area contributed by atoms with Crippen molar-refractivity contribution in [3.05, 3.63) is 76.0 Å². The van der Waals surface area contributed by atoms with Gasteiger partial charge in [0.2, 0.25) is 0 Å². The maximum absolute atomic E-state index is 12.8. The molecule has 0 bridgehead atoms. The zero-order chi connectivity index (χ0) is 19.9. The number of rotatable bonds is 7. The quantitative estimate of drug-likeness (QED) is 0.602. The van der Waals surface area contributed by atoms with E-state index in [0.717, 1.165) is 5.56 Å². The summed E-state index contributed by atoms with van der Waals surface area (Å²) in [6, 6.07) is 12.8. The molecule has 28 heavy (non-hydrogen) atoms. The summed E-state index contributed by atoms with van der Waals surface area (Å²) < 4.78 is 17.8. The number of halogens is 1. The summed E-state index contributed by atoms with van der Waals surface area (Å²) in [5, 5.41) is 9.86. The second kappa shape index (κ2) is 8.90. The molecule has 0 saturated carbocycles. The summed E-state index contributed by atoms with van der Waals surface area (Å²) in [5.41, 5.74) is 0.917. The predicted molar refractivity (Wildman–Crippen MR) is 100 cm³/mol. The molecule has 1 amide bonds. The first kappa shape index (κ1) is 19.2. The molecule has 8 heteroatoms. The number of esters is 1. The minimum absolute atomic E-state index is 0.167. The number of hydrogen-bond acceptors (Lipinski definition) is 5. The Morgan fingerprint density at radius 1 is 1.07 bits per heavy atom. The van der Waals surface area contributed by atoms with Crippen LogP contribution in [0.5, 0.6) is 0 Å². The van der Waals surface area contributed by atoms with Crippen LogP contribution in [0.4, 0.5) is 4.39 Å². The Labute approximate surface area is 159 Å². The van der Waals surface area contributed by atoms with E-state index in [9.17, 15) is 18.8 Å². The number of aromatic amines is 1. The third-order valence-corrected chi connectivity index (χ3v) is 4.10. The van der Waals surface area contributed by atoms with Crippen molar-refractivity contribution in [2.75, 3.05) is 13.2 Å². The van der Waals surface area contributed by atoms with Gasteiger partial charge < -0.3 is 10.1 Å². The highest BCUT2D eigenvalue weighted by Gasteiger charge is 2.13. The van der Waals surface area contributed by atoms with Crippen LogP contribution in [0.3, 0.4) is 0 Å². The van der Waals surface area contributed by atoms with Crippen molar-refractivity contribution < 1.29 is 18.7 Å². The molecule has 0 fully saturated rings. The third kappa shape index (κ3) is 5.00. The number of ether oxygens (including phenoxy) is 1. The van der Waals surface area contributed by atoms with Gasteiger partial charge in [0.1, 0.15) is 5.82 Å². The van der Waals surface area contributed by atoms with Crippen molar-refractivity contribution in [3.8, 4) is 0 Å². The summed E-state index contributed by atoms with van der Waals surface area (Å²) in [5.74, 6) is -1.38. The summed E-state index contributed by atoms with van der Waals surface area (Å²) in [6.45, 7) is -0.0718. The van der Waals surface area contributed by atoms with Crippen LogP contribution in [-0.2, 0) is 27.2 Å². The number of fused-ring (bicyclic) bond motifs is 1. The van der Waals surface area contributed by atoms with Gasteiger partial charge in [-0.2, -0.15) is 5.10 Å². The summed E-state index contributed by atoms with van der Waals surface area (Å²) in [4.78, 5) is 35.5. The molecule has 3 rings (SSSR count). The van der Waals surface area contributed by atoms with Crippen molar-refractivity contribution in [3.63, 3.8) is 0 Å². The van der Waals surface area contributed by atoms with E-state index in [0.29, 0.717) is 29.4 Å². The van der Waals surface area contributed by atoms with Crippen molar-refractivity contribution in [2.45, 2.75) is 12.8 Å². The molecular weight excluding hydrogens is 365 g/mol. The molecule has 7 nitrogen and oxygen atoms in total. The molecule has 1 heterocycles. The summed E-state index contributed by atoms with van der Waals surface area (Å²) in [7, 11) is 0. The van der Waals surface area contributed by atoms with E-state index in [4.69, 9.17) is 4.74 Å². The number of nitrogens with zero attached hydrogens (tertiary/aromatic N) is 1. The minimum Gasteiger partial charge on any atom is -0.455 e. The first-order valence-electron chi connectivity index (χ1n) is 8.66. The number of nitrogens with one attached hydrogen (secondary N) is 2. The van der Waals surface area contributed by atoms with Gasteiger partial charge in [0, 0.05) is 11.9 Å². The summed E-state index contributed by atoms with van der Waals surface area (Å²) >= 11 is 0. The molecule has 0 aliphatic carbocycles. The largest absolute Gasteiger partial charge is 0.455 e. The Morgan fingerprint density at radius 2 is 1.79 bits per heavy atom. The average Bonchev–Trinajstić information content (AvgIpc) is 2.70. The number of benzene rings is 2. The molecule has 0 aliphatic rings. The van der Waals surface area contributed by atoms with Gasteiger partial charge in [-0.3, -0.25) is 14.4 Å². The maximum atomic E-state index is 12.8. The molecule has 0 saturated heterocycles. The lowest BCUT2D eigenvalue weighted by atomic mass is 10.1. The van der Waals surface area contributed by atoms with E-state index in [-0.39, 0.29) is 17.8 Å². The number of carbonyl (C=O) groups is 2. The number of amides is 1. The fraction of sp³-hybridized carbons (Fsp3) is 0.200. The molecule has 0 radical (unpaired) electrons. The Balaban J connectivity index is 1.46. The standard InChI is InChI=1S/C20H18FN3O4/c21-14-7-5-13(6-8-14)9-10-22-18(25)12-28-19(26)11-17-15-3-1-2-4-16(15)20(27)24-23-17/h1-8H,9-12H2,(H,22,25)(H,24,27). The molecule has 0 unspecified atom stereocenters. The van der Waals surface area contributed by atoms with E-state index in [1.54, 1.807) is 36.4 Å². The second-order valence-electron chi connectivity index (χ2n) is 6.11. The Hall–Kier alpha value is -3.55. The van der Waals surface area contributed by atoms with Gasteiger partial charge in [0.25, 0.3) is 11.5 Å². The molecule has 2 aromatic carbocycles. The lowest BCUT2D eigenvalue weighted by molar-refractivity contribution is -0.147. The predicted octanol–water partition coefficient (Wildman–Crippen LogP) is 1.51. The smallest absolute Gasteiger partial charge is 0.312 e. The van der Waals surface area contributed by atoms with E-state index < -0.39 is 18.5 Å². The highest BCUT2D eigenvalue weighted by Crippen LogP contribution is 2.13. The van der Waals surface area contributed by atoms with Gasteiger partial charge in [-0.25, -0.2) is 9.49 Å². The van der Waals surface area contributed by atoms with E-state index in [1.807, 2.05) is 0 Å². The number of carbonyl (C=O) groups excluding carboxylic acids is 2. The third-order valence-electron chi connectivity index (χ3n) is 4.10. The van der Waals surface area contributed by atoms with Crippen molar-refractivity contribution >= 4 is 22.6 Å². The zero-order valence-electron chi connectivity index (χ0n) is 14.9. The van der Waals surface area contributed by atoms with Crippen LogP contribution >= 0.6 is 0 Å². The van der Waals surface area contributed by atoms with Crippen LogP contribution in [0.25, 0.3) is 10.8 Å². The van der Waals surface area contributed by atoms with Crippen molar-refractivity contribution in [1.82, 2.24) is 15.5 Å². The molecular formula is C20H18FN3O4. The topological polar surface area (TPSA) is 101 Å². The van der Waals surface area contributed by atoms with Gasteiger partial charge in [-0.15, -0.1) is 0 Å². The molecule has 144 valence electrons. The average molecular weight is 383 g/mol. The maximum Gasteiger partial charge on any atom is 0.312 e. The fourth-order valence-corrected chi connectivity index (χ4v) is 2.69. The Kier molecular flexibility index (Phi) is 6.11. The lowest BCUT2D eigenvalue weighted by Gasteiger charge is -2.07. The zero-order valence-corrected chi connectivity index (χ0v) is 14.9. The number of aromatic nitrogens is 2. The normalized spacial score (nSPS) is 10.6. The fourth-order valence-electron chi connectivity index (χ4n) is 2.69. The Morgan fingerprint density at radius 3 is 2.54 bits per heavy atom. The van der Waals surface area contributed by atoms with Crippen LogP contribution in [0, 0.1) is 5.82 Å². The molecule has 2 N–H and O–H groups in total. The SMILES string of the molecule is O=C(COC(=O)Cc1n[nH]c(=O)c2ccccc12)NCCc1ccc(F)cc1. The van der Waals surface area contributed by atoms with E-state index in [1.165, 1.54) is 12.1 Å². The minimum atomic E-state index is -0.626. The van der Waals surface area contributed by atoms with Crippen LogP contribution in [0.2, 0.25) is 0 Å². The van der Waals surface area contributed by atoms with Gasteiger partial charge in [-0.1, -0.05) is 30.3 Å². The number of hydrogen-bond donors (Lipinski definition) is 2. The lowest BCUT2D eigenvalue weighted by Crippen LogP contribution is -2.30. The Bertz CT molecular complexity index is 1050. The van der Waals surface area contributed by atoms with E-state index >= 15 is 0 Å². The molecule has 1 aromatic heterocycles. The second-order valence-corrected chi connectivity index (χ2v) is 6.11. The number of H-pyrrole nitrogens is 1. The van der Waals surface area contributed by atoms with Gasteiger partial charge >= 0.3 is 5.97 Å². The molecule has 0 aliphatic heterocycles. The van der Waals surface area contributed by atoms with Crippen molar-refractivity contribution in [1.29, 1.82) is 0 Å². The van der Waals surface area contributed by atoms with E-state index in [2.05, 4.69) is 15.5 Å². The van der Waals surface area contributed by atoms with Crippen LogP contribution in [-0.4, -0.2) is 35.2 Å². The molecule has 3 aromatic rings. The molecule has 0 atom stereocenters. The van der Waals surface area contributed by atoms with Gasteiger partial charge in [0.05, 0.1) is 17.5 Å². The van der Waals surface area contributed by atoms with Gasteiger partial charge in [-0.05, 0) is 30.2 Å². The van der Waals surface area contributed by atoms with Crippen molar-refractivity contribution in [2.24, 2.45) is 0 Å².